The molecule has 0 saturated heterocycles. The van der Waals surface area contributed by atoms with Gasteiger partial charge in [-0.2, -0.15) is 0 Å². The Balaban J connectivity index is 1.68. The molecule has 0 radical (unpaired) electrons. The van der Waals surface area contributed by atoms with Gasteiger partial charge in [0, 0.05) is 0 Å². The van der Waals surface area contributed by atoms with E-state index in [-0.39, 0.29) is 0 Å². The van der Waals surface area contributed by atoms with Crippen LogP contribution >= 0.6 is 0 Å². The largest absolute Gasteiger partial charge is 0.508 e. The van der Waals surface area contributed by atoms with E-state index in [1.807, 2.05) is 24.3 Å². The lowest BCUT2D eigenvalue weighted by atomic mass is 9.89. The molecular formula is C24H26O2. The van der Waals surface area contributed by atoms with Crippen molar-refractivity contribution >= 4 is 0 Å². The minimum Gasteiger partial charge on any atom is -0.508 e. The van der Waals surface area contributed by atoms with Crippen molar-refractivity contribution in [2.24, 2.45) is 0 Å². The first-order valence-electron chi connectivity index (χ1n) is 9.17. The highest BCUT2D eigenvalue weighted by Gasteiger charge is 2.11. The molecule has 0 aliphatic heterocycles. The maximum absolute atomic E-state index is 9.45. The van der Waals surface area contributed by atoms with E-state index in [1.165, 1.54) is 22.3 Å². The molecule has 0 aliphatic carbocycles. The van der Waals surface area contributed by atoms with E-state index in [1.54, 1.807) is 24.3 Å². The van der Waals surface area contributed by atoms with Crippen molar-refractivity contribution in [1.29, 1.82) is 0 Å². The Morgan fingerprint density at radius 2 is 1.15 bits per heavy atom. The Kier molecular flexibility index (Phi) is 5.62. The number of rotatable bonds is 6. The molecule has 2 atom stereocenters. The molecule has 3 rings (SSSR count). The van der Waals surface area contributed by atoms with Crippen LogP contribution in [0.3, 0.4) is 0 Å². The second kappa shape index (κ2) is 8.09. The second-order valence-corrected chi connectivity index (χ2v) is 7.21. The van der Waals surface area contributed by atoms with Gasteiger partial charge in [-0.25, -0.2) is 0 Å². The average molecular weight is 346 g/mol. The zero-order valence-corrected chi connectivity index (χ0v) is 15.4. The number of benzene rings is 3. The van der Waals surface area contributed by atoms with Gasteiger partial charge in [-0.3, -0.25) is 0 Å². The Labute approximate surface area is 155 Å². The van der Waals surface area contributed by atoms with Crippen molar-refractivity contribution in [3.8, 4) is 11.5 Å². The SMILES string of the molecule is CC(Cc1cccc(C(C)Cc2ccc(O)cc2)c1)c1ccc(O)cc1. The lowest BCUT2D eigenvalue weighted by molar-refractivity contribution is 0.474. The monoisotopic (exact) mass is 346 g/mol. The maximum atomic E-state index is 9.45. The molecule has 2 N–H and O–H groups in total. The lowest BCUT2D eigenvalue weighted by Gasteiger charge is -2.16. The molecule has 3 aromatic carbocycles. The van der Waals surface area contributed by atoms with Gasteiger partial charge in [0.1, 0.15) is 11.5 Å². The topological polar surface area (TPSA) is 40.5 Å². The van der Waals surface area contributed by atoms with E-state index in [4.69, 9.17) is 0 Å². The summed E-state index contributed by atoms with van der Waals surface area (Å²) in [6.45, 7) is 4.47. The fourth-order valence-corrected chi connectivity index (χ4v) is 3.40. The predicted octanol–water partition coefficient (Wildman–Crippen LogP) is 5.79. The number of hydrogen-bond acceptors (Lipinski definition) is 2. The second-order valence-electron chi connectivity index (χ2n) is 7.21. The van der Waals surface area contributed by atoms with E-state index in [2.05, 4.69) is 38.1 Å². The lowest BCUT2D eigenvalue weighted by Crippen LogP contribution is -2.02. The van der Waals surface area contributed by atoms with Crippen LogP contribution in [0.4, 0.5) is 0 Å². The summed E-state index contributed by atoms with van der Waals surface area (Å²) in [5.74, 6) is 1.44. The molecule has 0 aliphatic rings. The molecule has 0 bridgehead atoms. The molecule has 2 nitrogen and oxygen atoms in total. The Bertz CT molecular complexity index is 835. The van der Waals surface area contributed by atoms with Gasteiger partial charge in [0.05, 0.1) is 0 Å². The normalized spacial score (nSPS) is 13.3. The third kappa shape index (κ3) is 4.66. The standard InChI is InChI=1S/C24H26O2/c1-17(21-8-12-24(26)13-9-21)15-20-4-3-5-22(16-20)18(2)14-19-6-10-23(25)11-7-19/h3-13,16-18,25-26H,14-15H2,1-2H3. The molecule has 0 fully saturated rings. The van der Waals surface area contributed by atoms with Crippen molar-refractivity contribution in [1.82, 2.24) is 0 Å². The van der Waals surface area contributed by atoms with E-state index >= 15 is 0 Å². The van der Waals surface area contributed by atoms with Crippen LogP contribution in [0.2, 0.25) is 0 Å². The van der Waals surface area contributed by atoms with Gasteiger partial charge in [-0.1, -0.05) is 62.4 Å². The molecule has 0 saturated carbocycles. The van der Waals surface area contributed by atoms with Crippen LogP contribution in [0.25, 0.3) is 0 Å². The Hall–Kier alpha value is -2.74. The summed E-state index contributed by atoms with van der Waals surface area (Å²) in [5.41, 5.74) is 5.15. The summed E-state index contributed by atoms with van der Waals surface area (Å²) < 4.78 is 0. The van der Waals surface area contributed by atoms with Gasteiger partial charge < -0.3 is 10.2 Å². The zero-order chi connectivity index (χ0) is 18.5. The van der Waals surface area contributed by atoms with E-state index in [0.29, 0.717) is 23.3 Å². The summed E-state index contributed by atoms with van der Waals surface area (Å²) in [5, 5.41) is 18.9. The summed E-state index contributed by atoms with van der Waals surface area (Å²) in [4.78, 5) is 0. The average Bonchev–Trinajstić information content (AvgIpc) is 2.64. The van der Waals surface area contributed by atoms with E-state index in [9.17, 15) is 10.2 Å². The van der Waals surface area contributed by atoms with Crippen LogP contribution in [0.1, 0.15) is 47.9 Å². The van der Waals surface area contributed by atoms with Crippen LogP contribution in [0, 0.1) is 0 Å². The van der Waals surface area contributed by atoms with Crippen molar-refractivity contribution in [3.05, 3.63) is 95.1 Å². The quantitative estimate of drug-likeness (QED) is 0.593. The Morgan fingerprint density at radius 3 is 1.81 bits per heavy atom. The molecule has 134 valence electrons. The van der Waals surface area contributed by atoms with E-state index < -0.39 is 0 Å². The number of hydrogen-bond donors (Lipinski definition) is 2. The first-order valence-corrected chi connectivity index (χ1v) is 9.17. The molecule has 2 heteroatoms. The predicted molar refractivity (Wildman–Crippen MR) is 107 cm³/mol. The van der Waals surface area contributed by atoms with Crippen LogP contribution in [-0.2, 0) is 12.8 Å². The number of aromatic hydroxyl groups is 2. The third-order valence-corrected chi connectivity index (χ3v) is 5.00. The van der Waals surface area contributed by atoms with Gasteiger partial charge in [0.2, 0.25) is 0 Å². The fourth-order valence-electron chi connectivity index (χ4n) is 3.40. The first kappa shape index (κ1) is 18.1. The van der Waals surface area contributed by atoms with Crippen molar-refractivity contribution in [3.63, 3.8) is 0 Å². The van der Waals surface area contributed by atoms with Crippen molar-refractivity contribution in [2.75, 3.05) is 0 Å². The molecule has 0 aromatic heterocycles. The first-order chi connectivity index (χ1) is 12.5. The van der Waals surface area contributed by atoms with Gasteiger partial charge in [-0.15, -0.1) is 0 Å². The van der Waals surface area contributed by atoms with E-state index in [0.717, 1.165) is 12.8 Å². The molecule has 26 heavy (non-hydrogen) atoms. The molecular weight excluding hydrogens is 320 g/mol. The molecule has 0 spiro atoms. The highest BCUT2D eigenvalue weighted by atomic mass is 16.3. The number of phenols is 2. The zero-order valence-electron chi connectivity index (χ0n) is 15.4. The highest BCUT2D eigenvalue weighted by molar-refractivity contribution is 5.33. The smallest absolute Gasteiger partial charge is 0.115 e. The molecule has 0 heterocycles. The molecule has 0 amide bonds. The van der Waals surface area contributed by atoms with Gasteiger partial charge >= 0.3 is 0 Å². The Morgan fingerprint density at radius 1 is 0.615 bits per heavy atom. The minimum atomic E-state index is 0.311. The number of phenolic OH excluding ortho intramolecular Hbond substituents is 2. The molecule has 3 aromatic rings. The summed E-state index contributed by atoms with van der Waals surface area (Å²) in [6.07, 6.45) is 1.93. The highest BCUT2D eigenvalue weighted by Crippen LogP contribution is 2.26. The van der Waals surface area contributed by atoms with Gasteiger partial charge in [-0.05, 0) is 71.2 Å². The third-order valence-electron chi connectivity index (χ3n) is 5.00. The summed E-state index contributed by atoms with van der Waals surface area (Å²) >= 11 is 0. The van der Waals surface area contributed by atoms with Crippen LogP contribution in [0.5, 0.6) is 11.5 Å². The van der Waals surface area contributed by atoms with Crippen LogP contribution in [-0.4, -0.2) is 10.2 Å². The summed E-state index contributed by atoms with van der Waals surface area (Å²) in [7, 11) is 0. The maximum Gasteiger partial charge on any atom is 0.115 e. The fraction of sp³-hybridized carbons (Fsp3) is 0.250. The van der Waals surface area contributed by atoms with Gasteiger partial charge in [0.25, 0.3) is 0 Å². The van der Waals surface area contributed by atoms with Crippen LogP contribution in [0.15, 0.2) is 72.8 Å². The van der Waals surface area contributed by atoms with Crippen molar-refractivity contribution in [2.45, 2.75) is 38.5 Å². The van der Waals surface area contributed by atoms with Crippen LogP contribution < -0.4 is 0 Å². The van der Waals surface area contributed by atoms with Crippen molar-refractivity contribution < 1.29 is 10.2 Å². The summed E-state index contributed by atoms with van der Waals surface area (Å²) in [6, 6.07) is 23.8. The molecule has 2 unspecified atom stereocenters. The minimum absolute atomic E-state index is 0.311. The van der Waals surface area contributed by atoms with Gasteiger partial charge in [0.15, 0.2) is 0 Å².